The highest BCUT2D eigenvalue weighted by Crippen LogP contribution is 2.16. The van der Waals surface area contributed by atoms with E-state index in [1.165, 1.54) is 10.9 Å². The fraction of sp³-hybridized carbons (Fsp3) is 0.545. The van der Waals surface area contributed by atoms with Crippen LogP contribution in [0.2, 0.25) is 0 Å². The number of nitrogens with two attached hydrogens (primary N) is 1. The van der Waals surface area contributed by atoms with Crippen LogP contribution in [0.1, 0.15) is 26.7 Å². The van der Waals surface area contributed by atoms with Crippen molar-refractivity contribution in [3.05, 3.63) is 6.20 Å². The molecule has 1 aromatic rings. The second kappa shape index (κ2) is 5.89. The molecule has 18 heavy (non-hydrogen) atoms. The first-order chi connectivity index (χ1) is 8.44. The fourth-order valence-electron chi connectivity index (χ4n) is 1.50. The summed E-state index contributed by atoms with van der Waals surface area (Å²) in [6, 6.07) is -0.524. The van der Waals surface area contributed by atoms with Gasteiger partial charge >= 0.3 is 0 Å². The lowest BCUT2D eigenvalue weighted by molar-refractivity contribution is 0.564. The van der Waals surface area contributed by atoms with Gasteiger partial charge in [0.2, 0.25) is 10.0 Å². The van der Waals surface area contributed by atoms with Gasteiger partial charge in [-0.25, -0.2) is 8.42 Å². The van der Waals surface area contributed by atoms with E-state index in [1.807, 2.05) is 13.8 Å². The summed E-state index contributed by atoms with van der Waals surface area (Å²) in [5.74, 6) is 2.39. The van der Waals surface area contributed by atoms with Crippen LogP contribution in [0.15, 0.2) is 11.1 Å². The third kappa shape index (κ3) is 3.24. The molecule has 0 aliphatic rings. The van der Waals surface area contributed by atoms with E-state index in [2.05, 4.69) is 15.7 Å². The van der Waals surface area contributed by atoms with Crippen molar-refractivity contribution in [2.45, 2.75) is 44.2 Å². The van der Waals surface area contributed by atoms with Crippen LogP contribution < -0.4 is 10.5 Å². The van der Waals surface area contributed by atoms with Gasteiger partial charge < -0.3 is 5.73 Å². The quantitative estimate of drug-likeness (QED) is 0.739. The lowest BCUT2D eigenvalue weighted by Gasteiger charge is -2.11. The normalized spacial score (nSPS) is 13.2. The zero-order valence-electron chi connectivity index (χ0n) is 10.5. The lowest BCUT2D eigenvalue weighted by atomic mass is 10.2. The Labute approximate surface area is 108 Å². The second-order valence-electron chi connectivity index (χ2n) is 3.86. The molecule has 0 bridgehead atoms. The summed E-state index contributed by atoms with van der Waals surface area (Å²) in [7, 11) is -3.71. The van der Waals surface area contributed by atoms with Gasteiger partial charge in [-0.1, -0.05) is 19.3 Å². The molecule has 1 atom stereocenters. The van der Waals surface area contributed by atoms with Crippen molar-refractivity contribution in [1.82, 2.24) is 14.5 Å². The van der Waals surface area contributed by atoms with Crippen LogP contribution in [0.25, 0.3) is 0 Å². The number of rotatable bonds is 6. The molecule has 0 fully saturated rings. The number of aryl methyl sites for hydroxylation is 1. The molecule has 0 aliphatic carbocycles. The topological polar surface area (TPSA) is 90.0 Å². The van der Waals surface area contributed by atoms with Crippen molar-refractivity contribution >= 4 is 15.8 Å². The maximum atomic E-state index is 12.1. The Morgan fingerprint density at radius 1 is 1.61 bits per heavy atom. The lowest BCUT2D eigenvalue weighted by Crippen LogP contribution is -2.33. The van der Waals surface area contributed by atoms with E-state index >= 15 is 0 Å². The molecule has 1 heterocycles. The van der Waals surface area contributed by atoms with Gasteiger partial charge in [-0.3, -0.25) is 4.68 Å². The number of nitrogen functional groups attached to an aromatic ring is 1. The maximum absolute atomic E-state index is 12.1. The Hall–Kier alpha value is -1.52. The van der Waals surface area contributed by atoms with Crippen LogP contribution in [-0.4, -0.2) is 24.2 Å². The van der Waals surface area contributed by atoms with Crippen molar-refractivity contribution in [2.75, 3.05) is 5.73 Å². The molecule has 0 amide bonds. The summed E-state index contributed by atoms with van der Waals surface area (Å²) < 4.78 is 28.1. The van der Waals surface area contributed by atoms with Gasteiger partial charge in [-0.2, -0.15) is 9.82 Å². The number of nitrogens with one attached hydrogen (secondary N) is 1. The zero-order valence-corrected chi connectivity index (χ0v) is 11.4. The summed E-state index contributed by atoms with van der Waals surface area (Å²) in [5.41, 5.74) is 5.59. The molecule has 1 aromatic heterocycles. The summed E-state index contributed by atoms with van der Waals surface area (Å²) in [4.78, 5) is -0.0271. The molecule has 1 rings (SSSR count). The van der Waals surface area contributed by atoms with Crippen LogP contribution in [0.4, 0.5) is 5.82 Å². The average molecular weight is 270 g/mol. The van der Waals surface area contributed by atoms with Crippen molar-refractivity contribution < 1.29 is 8.42 Å². The molecule has 1 unspecified atom stereocenters. The van der Waals surface area contributed by atoms with Crippen LogP contribution in [0.3, 0.4) is 0 Å². The average Bonchev–Trinajstić information content (AvgIpc) is 2.70. The van der Waals surface area contributed by atoms with Crippen LogP contribution in [-0.2, 0) is 16.6 Å². The third-order valence-corrected chi connectivity index (χ3v) is 3.93. The number of terminal acetylenes is 1. The van der Waals surface area contributed by atoms with E-state index < -0.39 is 16.1 Å². The molecular weight excluding hydrogens is 252 g/mol. The van der Waals surface area contributed by atoms with Crippen LogP contribution in [0, 0.1) is 12.3 Å². The molecule has 0 aromatic carbocycles. The minimum absolute atomic E-state index is 0.0170. The van der Waals surface area contributed by atoms with Crippen molar-refractivity contribution in [3.8, 4) is 12.3 Å². The number of hydrogen-bond acceptors (Lipinski definition) is 4. The summed E-state index contributed by atoms with van der Waals surface area (Å²) in [5, 5.41) is 3.90. The minimum Gasteiger partial charge on any atom is -0.381 e. The Balaban J connectivity index is 2.99. The predicted molar refractivity (Wildman–Crippen MR) is 70.2 cm³/mol. The van der Waals surface area contributed by atoms with Crippen LogP contribution >= 0.6 is 0 Å². The van der Waals surface area contributed by atoms with E-state index in [0.717, 1.165) is 6.42 Å². The first-order valence-corrected chi connectivity index (χ1v) is 7.24. The highest BCUT2D eigenvalue weighted by Gasteiger charge is 2.23. The molecule has 0 radical (unpaired) electrons. The Morgan fingerprint density at radius 3 is 2.72 bits per heavy atom. The largest absolute Gasteiger partial charge is 0.381 e. The van der Waals surface area contributed by atoms with Gasteiger partial charge in [0.05, 0.1) is 6.04 Å². The second-order valence-corrected chi connectivity index (χ2v) is 5.55. The van der Waals surface area contributed by atoms with Gasteiger partial charge in [0.15, 0.2) is 5.82 Å². The van der Waals surface area contributed by atoms with Crippen molar-refractivity contribution in [2.24, 2.45) is 0 Å². The molecule has 6 nitrogen and oxygen atoms in total. The standard InChI is InChI=1S/C11H18N4O2S/c1-4-7-9(5-2)14-18(16,17)10-8-15(6-3)13-11(10)12/h2,8-9,14H,4,6-7H2,1,3H3,(H2,12,13). The summed E-state index contributed by atoms with van der Waals surface area (Å²) in [6.07, 6.45) is 8.06. The smallest absolute Gasteiger partial charge is 0.246 e. The van der Waals surface area contributed by atoms with Gasteiger partial charge in [0, 0.05) is 12.7 Å². The van der Waals surface area contributed by atoms with E-state index in [9.17, 15) is 8.42 Å². The molecule has 0 saturated carbocycles. The first-order valence-electron chi connectivity index (χ1n) is 5.76. The molecular formula is C11H18N4O2S. The third-order valence-electron chi connectivity index (χ3n) is 2.44. The molecule has 0 spiro atoms. The Bertz CT molecular complexity index is 542. The van der Waals surface area contributed by atoms with Gasteiger partial charge in [-0.05, 0) is 13.3 Å². The number of nitrogens with zero attached hydrogens (tertiary/aromatic N) is 2. The number of hydrogen-bond donors (Lipinski definition) is 2. The zero-order chi connectivity index (χ0) is 13.8. The van der Waals surface area contributed by atoms with E-state index in [-0.39, 0.29) is 10.7 Å². The number of anilines is 1. The van der Waals surface area contributed by atoms with Crippen LogP contribution in [0.5, 0.6) is 0 Å². The Kier molecular flexibility index (Phi) is 4.76. The summed E-state index contributed by atoms with van der Waals surface area (Å²) >= 11 is 0. The van der Waals surface area contributed by atoms with E-state index in [1.54, 1.807) is 0 Å². The monoisotopic (exact) mass is 270 g/mol. The maximum Gasteiger partial charge on any atom is 0.246 e. The highest BCUT2D eigenvalue weighted by atomic mass is 32.2. The van der Waals surface area contributed by atoms with Crippen molar-refractivity contribution in [3.63, 3.8) is 0 Å². The van der Waals surface area contributed by atoms with E-state index in [0.29, 0.717) is 13.0 Å². The fourth-order valence-corrected chi connectivity index (χ4v) is 2.77. The Morgan fingerprint density at radius 2 is 2.28 bits per heavy atom. The number of sulfonamides is 1. The minimum atomic E-state index is -3.71. The van der Waals surface area contributed by atoms with E-state index in [4.69, 9.17) is 12.2 Å². The first kappa shape index (κ1) is 14.5. The van der Waals surface area contributed by atoms with Gasteiger partial charge in [-0.15, -0.1) is 6.42 Å². The molecule has 0 saturated heterocycles. The van der Waals surface area contributed by atoms with Crippen molar-refractivity contribution in [1.29, 1.82) is 0 Å². The predicted octanol–water partition coefficient (Wildman–Crippen LogP) is 0.565. The molecule has 3 N–H and O–H groups in total. The SMILES string of the molecule is C#CC(CCC)NS(=O)(=O)c1cn(CC)nc1N. The number of aromatic nitrogens is 2. The van der Waals surface area contributed by atoms with Gasteiger partial charge in [0.1, 0.15) is 4.90 Å². The van der Waals surface area contributed by atoms with Gasteiger partial charge in [0.25, 0.3) is 0 Å². The summed E-state index contributed by atoms with van der Waals surface area (Å²) in [6.45, 7) is 4.33. The highest BCUT2D eigenvalue weighted by molar-refractivity contribution is 7.89. The molecule has 100 valence electrons. The molecule has 0 aliphatic heterocycles. The molecule has 7 heteroatoms.